The van der Waals surface area contributed by atoms with E-state index in [4.69, 9.17) is 10.5 Å². The van der Waals surface area contributed by atoms with Crippen LogP contribution in [-0.2, 0) is 4.79 Å². The van der Waals surface area contributed by atoms with E-state index in [1.54, 1.807) is 38.1 Å². The van der Waals surface area contributed by atoms with Crippen molar-refractivity contribution < 1.29 is 14.3 Å². The molecule has 7 heteroatoms. The summed E-state index contributed by atoms with van der Waals surface area (Å²) in [4.78, 5) is 30.4. The molecular weight excluding hydrogens is 284 g/mol. The van der Waals surface area contributed by atoms with Crippen LogP contribution in [0.5, 0.6) is 5.75 Å². The van der Waals surface area contributed by atoms with E-state index in [9.17, 15) is 9.59 Å². The third kappa shape index (κ3) is 3.25. The molecule has 7 nitrogen and oxygen atoms in total. The first-order valence-corrected chi connectivity index (χ1v) is 6.79. The number of carbonyl (C=O) groups is 2. The van der Waals surface area contributed by atoms with Gasteiger partial charge in [0.1, 0.15) is 11.4 Å². The van der Waals surface area contributed by atoms with Crippen LogP contribution in [0.15, 0.2) is 29.3 Å². The first-order chi connectivity index (χ1) is 10.4. The second-order valence-corrected chi connectivity index (χ2v) is 5.04. The van der Waals surface area contributed by atoms with Gasteiger partial charge < -0.3 is 15.5 Å². The summed E-state index contributed by atoms with van der Waals surface area (Å²) in [6, 6.07) is 6.82. The lowest BCUT2D eigenvalue weighted by atomic mass is 10.2. The number of ether oxygens (including phenoxy) is 1. The number of H-pyrrole nitrogens is 1. The van der Waals surface area contributed by atoms with Crippen LogP contribution in [0, 0.1) is 5.92 Å². The van der Waals surface area contributed by atoms with E-state index in [2.05, 4.69) is 15.3 Å². The second-order valence-electron chi connectivity index (χ2n) is 5.04. The zero-order valence-electron chi connectivity index (χ0n) is 12.6. The van der Waals surface area contributed by atoms with Crippen molar-refractivity contribution in [2.75, 3.05) is 7.05 Å². The fourth-order valence-corrected chi connectivity index (χ4v) is 1.80. The molecule has 0 saturated carbocycles. The minimum absolute atomic E-state index is 0.0233. The minimum atomic E-state index is -0.416. The molecule has 0 saturated heterocycles. The molecule has 116 valence electrons. The first-order valence-electron chi connectivity index (χ1n) is 6.79. The highest BCUT2D eigenvalue weighted by Gasteiger charge is 2.16. The highest BCUT2D eigenvalue weighted by atomic mass is 16.5. The van der Waals surface area contributed by atoms with Crippen molar-refractivity contribution >= 4 is 28.7 Å². The van der Waals surface area contributed by atoms with Gasteiger partial charge in [-0.1, -0.05) is 19.9 Å². The zero-order valence-corrected chi connectivity index (χ0v) is 12.6. The maximum Gasteiger partial charge on any atom is 0.313 e. The van der Waals surface area contributed by atoms with Gasteiger partial charge >= 0.3 is 5.97 Å². The molecule has 2 rings (SSSR count). The summed E-state index contributed by atoms with van der Waals surface area (Å²) < 4.78 is 5.35. The van der Waals surface area contributed by atoms with Crippen LogP contribution < -0.4 is 15.8 Å². The Kier molecular flexibility index (Phi) is 4.45. The molecule has 1 aromatic heterocycles. The van der Waals surface area contributed by atoms with Gasteiger partial charge in [0.25, 0.3) is 5.91 Å². The molecule has 2 aromatic rings. The van der Waals surface area contributed by atoms with E-state index in [1.165, 1.54) is 7.05 Å². The van der Waals surface area contributed by atoms with Crippen LogP contribution >= 0.6 is 0 Å². The quantitative estimate of drug-likeness (QED) is 0.344. The van der Waals surface area contributed by atoms with Crippen LogP contribution in [0.2, 0.25) is 0 Å². The summed E-state index contributed by atoms with van der Waals surface area (Å²) in [6.07, 6.45) is 0. The Morgan fingerprint density at radius 1 is 1.36 bits per heavy atom. The molecule has 0 aliphatic heterocycles. The van der Waals surface area contributed by atoms with Crippen molar-refractivity contribution in [3.8, 4) is 5.75 Å². The van der Waals surface area contributed by atoms with Crippen LogP contribution in [0.4, 0.5) is 0 Å². The predicted molar refractivity (Wildman–Crippen MR) is 83.8 cm³/mol. The number of hydrogen-bond donors (Lipinski definition) is 3. The van der Waals surface area contributed by atoms with Gasteiger partial charge in [-0.25, -0.2) is 0 Å². The number of aromatic nitrogens is 1. The van der Waals surface area contributed by atoms with E-state index >= 15 is 0 Å². The zero-order chi connectivity index (χ0) is 16.3. The van der Waals surface area contributed by atoms with E-state index in [-0.39, 0.29) is 17.8 Å². The number of rotatable bonds is 3. The summed E-state index contributed by atoms with van der Waals surface area (Å²) in [5, 5.41) is 3.08. The first kappa shape index (κ1) is 15.6. The number of amides is 1. The maximum atomic E-state index is 12.0. The molecule has 0 atom stereocenters. The average molecular weight is 302 g/mol. The summed E-state index contributed by atoms with van der Waals surface area (Å²) in [6.45, 7) is 3.51. The smallest absolute Gasteiger partial charge is 0.313 e. The second kappa shape index (κ2) is 6.30. The van der Waals surface area contributed by atoms with E-state index in [0.29, 0.717) is 22.3 Å². The van der Waals surface area contributed by atoms with Crippen molar-refractivity contribution in [2.45, 2.75) is 13.8 Å². The van der Waals surface area contributed by atoms with E-state index in [1.807, 2.05) is 0 Å². The van der Waals surface area contributed by atoms with Gasteiger partial charge in [-0.05, 0) is 18.2 Å². The Balaban J connectivity index is 2.34. The van der Waals surface area contributed by atoms with Crippen molar-refractivity contribution in [3.63, 3.8) is 0 Å². The fourth-order valence-electron chi connectivity index (χ4n) is 1.80. The van der Waals surface area contributed by atoms with Gasteiger partial charge in [-0.2, -0.15) is 0 Å². The lowest BCUT2D eigenvalue weighted by Crippen LogP contribution is -2.36. The number of carbonyl (C=O) groups excluding carboxylic acids is 2. The number of aliphatic imine (C=N–C) groups is 1. The summed E-state index contributed by atoms with van der Waals surface area (Å²) in [5.41, 5.74) is 6.46. The maximum absolute atomic E-state index is 12.0. The lowest BCUT2D eigenvalue weighted by Gasteiger charge is -2.07. The van der Waals surface area contributed by atoms with Crippen LogP contribution in [0.25, 0.3) is 10.9 Å². The van der Waals surface area contributed by atoms with Crippen molar-refractivity contribution in [1.29, 1.82) is 0 Å². The molecule has 0 unspecified atom stereocenters. The molecule has 1 amide bonds. The van der Waals surface area contributed by atoms with Gasteiger partial charge in [0, 0.05) is 18.0 Å². The van der Waals surface area contributed by atoms with Gasteiger partial charge in [0.15, 0.2) is 5.96 Å². The number of nitrogens with one attached hydrogen (secondary N) is 2. The standard InChI is InChI=1S/C15H18N4O3/c1-8(2)14(21)22-12-6-4-5-10-9(12)7-11(18-10)13(20)19-15(16)17-3/h4-8,18H,1-3H3,(H3,16,17,19,20). The number of fused-ring (bicyclic) bond motifs is 1. The van der Waals surface area contributed by atoms with Crippen LogP contribution in [0.1, 0.15) is 24.3 Å². The molecule has 1 aromatic carbocycles. The molecule has 0 bridgehead atoms. The molecule has 0 spiro atoms. The van der Waals surface area contributed by atoms with Gasteiger partial charge in [-0.3, -0.25) is 19.9 Å². The molecule has 0 fully saturated rings. The van der Waals surface area contributed by atoms with Crippen molar-refractivity contribution in [1.82, 2.24) is 10.3 Å². The van der Waals surface area contributed by atoms with Crippen molar-refractivity contribution in [3.05, 3.63) is 30.0 Å². The predicted octanol–water partition coefficient (Wildman–Crippen LogP) is 1.40. The van der Waals surface area contributed by atoms with Crippen LogP contribution in [0.3, 0.4) is 0 Å². The lowest BCUT2D eigenvalue weighted by molar-refractivity contribution is -0.137. The van der Waals surface area contributed by atoms with Gasteiger partial charge in [0.2, 0.25) is 0 Å². The third-order valence-corrected chi connectivity index (χ3v) is 3.03. The highest BCUT2D eigenvalue weighted by Crippen LogP contribution is 2.27. The number of nitrogens with zero attached hydrogens (tertiary/aromatic N) is 1. The number of aromatic amines is 1. The highest BCUT2D eigenvalue weighted by molar-refractivity contribution is 6.07. The Morgan fingerprint density at radius 2 is 2.09 bits per heavy atom. The van der Waals surface area contributed by atoms with Gasteiger partial charge in [-0.15, -0.1) is 0 Å². The Labute approximate surface area is 127 Å². The summed E-state index contributed by atoms with van der Waals surface area (Å²) >= 11 is 0. The largest absolute Gasteiger partial charge is 0.426 e. The fraction of sp³-hybridized carbons (Fsp3) is 0.267. The Morgan fingerprint density at radius 3 is 2.73 bits per heavy atom. The molecule has 4 N–H and O–H groups in total. The number of nitrogens with two attached hydrogens (primary N) is 1. The average Bonchev–Trinajstić information content (AvgIpc) is 2.92. The van der Waals surface area contributed by atoms with Crippen molar-refractivity contribution in [2.24, 2.45) is 16.6 Å². The monoisotopic (exact) mass is 302 g/mol. The molecular formula is C15H18N4O3. The van der Waals surface area contributed by atoms with E-state index in [0.717, 1.165) is 0 Å². The molecule has 0 aliphatic carbocycles. The summed E-state index contributed by atoms with van der Waals surface area (Å²) in [7, 11) is 1.48. The van der Waals surface area contributed by atoms with Crippen LogP contribution in [-0.4, -0.2) is 29.9 Å². The number of benzene rings is 1. The normalized spacial score (nSPS) is 11.7. The number of esters is 1. The Hall–Kier alpha value is -2.83. The molecule has 0 aliphatic rings. The number of guanidine groups is 1. The molecule has 1 heterocycles. The molecule has 0 radical (unpaired) electrons. The number of hydrogen-bond acceptors (Lipinski definition) is 4. The summed E-state index contributed by atoms with van der Waals surface area (Å²) in [5.74, 6) is -0.557. The Bertz CT molecular complexity index is 746. The third-order valence-electron chi connectivity index (χ3n) is 3.03. The SMILES string of the molecule is CN=C(N)NC(=O)c1cc2c(OC(=O)C(C)C)cccc2[nH]1. The minimum Gasteiger partial charge on any atom is -0.426 e. The molecule has 22 heavy (non-hydrogen) atoms. The van der Waals surface area contributed by atoms with Gasteiger partial charge in [0.05, 0.1) is 5.92 Å². The van der Waals surface area contributed by atoms with E-state index < -0.39 is 5.91 Å². The topological polar surface area (TPSA) is 110 Å².